The number of ether oxygens (including phenoxy) is 1. The summed E-state index contributed by atoms with van der Waals surface area (Å²) in [5.74, 6) is 0.396. The molecular weight excluding hydrogens is 384 g/mol. The van der Waals surface area contributed by atoms with Gasteiger partial charge in [0.05, 0.1) is 11.1 Å². The molecule has 3 heterocycles. The predicted octanol–water partition coefficient (Wildman–Crippen LogP) is 1.80. The van der Waals surface area contributed by atoms with Crippen LogP contribution in [0.4, 0.5) is 5.95 Å². The van der Waals surface area contributed by atoms with Crippen molar-refractivity contribution >= 4 is 11.9 Å². The van der Waals surface area contributed by atoms with Crippen LogP contribution in [0.1, 0.15) is 42.2 Å². The number of aliphatic hydroxyl groups is 1. The Morgan fingerprint density at radius 3 is 2.73 bits per heavy atom. The number of rotatable bonds is 3. The molecule has 2 fully saturated rings. The first-order valence-corrected chi connectivity index (χ1v) is 10.3. The molecule has 30 heavy (non-hydrogen) atoms. The lowest BCUT2D eigenvalue weighted by atomic mass is 9.73. The largest absolute Gasteiger partial charge is 0.508 e. The topological polar surface area (TPSA) is 108 Å². The summed E-state index contributed by atoms with van der Waals surface area (Å²) in [5.41, 5.74) is -0.283. The first-order valence-electron chi connectivity index (χ1n) is 10.3. The number of aromatic hydroxyl groups is 1. The third-order valence-electron chi connectivity index (χ3n) is 6.29. The number of piperidine rings is 1. The predicted molar refractivity (Wildman–Crippen MR) is 112 cm³/mol. The van der Waals surface area contributed by atoms with Gasteiger partial charge in [0.25, 0.3) is 5.91 Å². The Bertz CT molecular complexity index is 929. The standard InChI is InChI=1S/C22H28N4O4/c1-15-6-10-23-20(24-15)26-11-7-22(8-12-26)19(29)21(2,9-13-30-22)25-18(28)16-4-3-5-17(27)14-16/h3-6,10,14,19,27,29H,7-9,11-13H2,1-2H3,(H,25,28)/t19-,21+/m0/s1. The summed E-state index contributed by atoms with van der Waals surface area (Å²) >= 11 is 0. The van der Waals surface area contributed by atoms with Crippen LogP contribution in [0.15, 0.2) is 36.5 Å². The SMILES string of the molecule is Cc1ccnc(N2CCC3(CC2)OCC[C@@](C)(NC(=O)c2cccc(O)c2)[C@@H]3O)n1. The molecule has 3 N–H and O–H groups in total. The summed E-state index contributed by atoms with van der Waals surface area (Å²) in [5, 5.41) is 24.0. The Kier molecular flexibility index (Phi) is 5.38. The van der Waals surface area contributed by atoms with Gasteiger partial charge in [0.15, 0.2) is 0 Å². The average Bonchev–Trinajstić information content (AvgIpc) is 2.73. The van der Waals surface area contributed by atoms with E-state index in [4.69, 9.17) is 4.74 Å². The molecule has 8 nitrogen and oxygen atoms in total. The molecule has 2 saturated heterocycles. The summed E-state index contributed by atoms with van der Waals surface area (Å²) < 4.78 is 6.12. The number of phenols is 1. The number of aromatic nitrogens is 2. The molecule has 2 aromatic rings. The molecule has 0 saturated carbocycles. The number of amides is 1. The Morgan fingerprint density at radius 1 is 1.27 bits per heavy atom. The second kappa shape index (κ2) is 7.85. The van der Waals surface area contributed by atoms with Crippen molar-refractivity contribution in [3.05, 3.63) is 47.8 Å². The van der Waals surface area contributed by atoms with Crippen LogP contribution in [-0.2, 0) is 4.74 Å². The third-order valence-corrected chi connectivity index (χ3v) is 6.29. The van der Waals surface area contributed by atoms with Gasteiger partial charge >= 0.3 is 0 Å². The summed E-state index contributed by atoms with van der Waals surface area (Å²) in [6.45, 7) is 5.58. The molecule has 4 rings (SSSR count). The number of aliphatic hydroxyl groups excluding tert-OH is 1. The van der Waals surface area contributed by atoms with E-state index in [-0.39, 0.29) is 11.7 Å². The maximum Gasteiger partial charge on any atom is 0.251 e. The quantitative estimate of drug-likeness (QED) is 0.705. The van der Waals surface area contributed by atoms with E-state index in [1.54, 1.807) is 18.3 Å². The van der Waals surface area contributed by atoms with Crippen molar-refractivity contribution in [1.82, 2.24) is 15.3 Å². The minimum Gasteiger partial charge on any atom is -0.508 e. The molecule has 0 bridgehead atoms. The van der Waals surface area contributed by atoms with E-state index in [2.05, 4.69) is 20.2 Å². The van der Waals surface area contributed by atoms with Gasteiger partial charge in [-0.2, -0.15) is 0 Å². The second-order valence-electron chi connectivity index (χ2n) is 8.47. The smallest absolute Gasteiger partial charge is 0.251 e. The number of benzene rings is 1. The van der Waals surface area contributed by atoms with Crippen LogP contribution in [0.3, 0.4) is 0 Å². The van der Waals surface area contributed by atoms with Gasteiger partial charge in [0.1, 0.15) is 11.9 Å². The lowest BCUT2D eigenvalue weighted by molar-refractivity contribution is -0.195. The fourth-order valence-electron chi connectivity index (χ4n) is 4.46. The minimum absolute atomic E-state index is 0.0301. The van der Waals surface area contributed by atoms with Crippen molar-refractivity contribution in [2.45, 2.75) is 50.4 Å². The van der Waals surface area contributed by atoms with Gasteiger partial charge in [0.2, 0.25) is 5.95 Å². The van der Waals surface area contributed by atoms with Gasteiger partial charge in [-0.15, -0.1) is 0 Å². The maximum atomic E-state index is 12.8. The van der Waals surface area contributed by atoms with Crippen LogP contribution >= 0.6 is 0 Å². The van der Waals surface area contributed by atoms with E-state index in [0.29, 0.717) is 50.5 Å². The number of hydrogen-bond acceptors (Lipinski definition) is 7. The van der Waals surface area contributed by atoms with Gasteiger partial charge in [0, 0.05) is 37.2 Å². The number of carbonyl (C=O) groups excluding carboxylic acids is 1. The van der Waals surface area contributed by atoms with Crippen molar-refractivity contribution < 1.29 is 19.7 Å². The molecule has 160 valence electrons. The Morgan fingerprint density at radius 2 is 2.03 bits per heavy atom. The van der Waals surface area contributed by atoms with Gasteiger partial charge < -0.3 is 25.2 Å². The molecule has 0 radical (unpaired) electrons. The maximum absolute atomic E-state index is 12.8. The normalized spacial score (nSPS) is 25.8. The third kappa shape index (κ3) is 3.85. The molecule has 1 aromatic carbocycles. The number of hydrogen-bond donors (Lipinski definition) is 3. The molecule has 1 spiro atoms. The number of phenolic OH excluding ortho intramolecular Hbond substituents is 1. The van der Waals surface area contributed by atoms with E-state index >= 15 is 0 Å². The summed E-state index contributed by atoms with van der Waals surface area (Å²) in [6.07, 6.45) is 2.62. The van der Waals surface area contributed by atoms with Crippen LogP contribution in [0.25, 0.3) is 0 Å². The van der Waals surface area contributed by atoms with Crippen LogP contribution in [0.2, 0.25) is 0 Å². The van der Waals surface area contributed by atoms with Crippen LogP contribution in [-0.4, -0.2) is 63.0 Å². The zero-order valence-electron chi connectivity index (χ0n) is 17.3. The molecule has 2 aliphatic rings. The van der Waals surface area contributed by atoms with E-state index in [1.807, 2.05) is 19.9 Å². The second-order valence-corrected chi connectivity index (χ2v) is 8.47. The van der Waals surface area contributed by atoms with Crippen LogP contribution in [0, 0.1) is 6.92 Å². The molecule has 1 aromatic heterocycles. The monoisotopic (exact) mass is 412 g/mol. The average molecular weight is 412 g/mol. The Balaban J connectivity index is 1.47. The van der Waals surface area contributed by atoms with Gasteiger partial charge in [-0.25, -0.2) is 9.97 Å². The first kappa shape index (κ1) is 20.6. The number of anilines is 1. The molecule has 8 heteroatoms. The van der Waals surface area contributed by atoms with E-state index in [1.165, 1.54) is 12.1 Å². The van der Waals surface area contributed by atoms with Crippen molar-refractivity contribution in [2.24, 2.45) is 0 Å². The fraction of sp³-hybridized carbons (Fsp3) is 0.500. The van der Waals surface area contributed by atoms with Gasteiger partial charge in [-0.05, 0) is 57.4 Å². The highest BCUT2D eigenvalue weighted by Gasteiger charge is 2.54. The number of nitrogens with zero attached hydrogens (tertiary/aromatic N) is 3. The molecule has 0 aliphatic carbocycles. The van der Waals surface area contributed by atoms with Crippen molar-refractivity contribution in [3.63, 3.8) is 0 Å². The summed E-state index contributed by atoms with van der Waals surface area (Å²) in [7, 11) is 0. The summed E-state index contributed by atoms with van der Waals surface area (Å²) in [4.78, 5) is 23.7. The van der Waals surface area contributed by atoms with E-state index < -0.39 is 17.2 Å². The highest BCUT2D eigenvalue weighted by atomic mass is 16.5. The zero-order valence-corrected chi connectivity index (χ0v) is 17.3. The van der Waals surface area contributed by atoms with Crippen molar-refractivity contribution in [1.29, 1.82) is 0 Å². The summed E-state index contributed by atoms with van der Waals surface area (Å²) in [6, 6.07) is 8.06. The number of carbonyl (C=O) groups is 1. The molecule has 0 unspecified atom stereocenters. The highest BCUT2D eigenvalue weighted by Crippen LogP contribution is 2.40. The lowest BCUT2D eigenvalue weighted by Crippen LogP contribution is -2.69. The Hall–Kier alpha value is -2.71. The molecular formula is C22H28N4O4. The van der Waals surface area contributed by atoms with Crippen molar-refractivity contribution in [2.75, 3.05) is 24.6 Å². The molecule has 2 aliphatic heterocycles. The van der Waals surface area contributed by atoms with Crippen molar-refractivity contribution in [3.8, 4) is 5.75 Å². The fourth-order valence-corrected chi connectivity index (χ4v) is 4.46. The molecule has 1 amide bonds. The van der Waals surface area contributed by atoms with Gasteiger partial charge in [-0.3, -0.25) is 4.79 Å². The van der Waals surface area contributed by atoms with Crippen LogP contribution in [0.5, 0.6) is 5.75 Å². The van der Waals surface area contributed by atoms with E-state index in [9.17, 15) is 15.0 Å². The Labute approximate surface area is 175 Å². The molecule has 2 atom stereocenters. The van der Waals surface area contributed by atoms with Gasteiger partial charge in [-0.1, -0.05) is 6.07 Å². The number of nitrogens with one attached hydrogen (secondary N) is 1. The lowest BCUT2D eigenvalue weighted by Gasteiger charge is -2.53. The highest BCUT2D eigenvalue weighted by molar-refractivity contribution is 5.95. The van der Waals surface area contributed by atoms with Crippen LogP contribution < -0.4 is 10.2 Å². The number of aryl methyl sites for hydroxylation is 1. The van der Waals surface area contributed by atoms with E-state index in [0.717, 1.165) is 5.69 Å². The zero-order chi connectivity index (χ0) is 21.4. The first-order chi connectivity index (χ1) is 14.3. The minimum atomic E-state index is -0.861.